The molecule has 112 valence electrons. The summed E-state index contributed by atoms with van der Waals surface area (Å²) in [7, 11) is 0. The van der Waals surface area contributed by atoms with Crippen molar-refractivity contribution in [3.05, 3.63) is 41.5 Å². The number of nitrogens with one attached hydrogen (secondary N) is 1. The fourth-order valence-corrected chi connectivity index (χ4v) is 1.92. The highest BCUT2D eigenvalue weighted by Crippen LogP contribution is 2.26. The van der Waals surface area contributed by atoms with Gasteiger partial charge < -0.3 is 11.1 Å². The van der Waals surface area contributed by atoms with E-state index < -0.39 is 0 Å². The fourth-order valence-electron chi connectivity index (χ4n) is 1.92. The summed E-state index contributed by atoms with van der Waals surface area (Å²) in [5.41, 5.74) is 7.71. The van der Waals surface area contributed by atoms with Crippen LogP contribution in [0.15, 0.2) is 24.4 Å². The van der Waals surface area contributed by atoms with E-state index in [0.717, 1.165) is 22.9 Å². The minimum atomic E-state index is -0.146. The second kappa shape index (κ2) is 5.68. The van der Waals surface area contributed by atoms with Gasteiger partial charge in [0, 0.05) is 17.2 Å². The molecule has 21 heavy (non-hydrogen) atoms. The lowest BCUT2D eigenvalue weighted by Gasteiger charge is -2.21. The van der Waals surface area contributed by atoms with Gasteiger partial charge in [-0.2, -0.15) is 0 Å². The van der Waals surface area contributed by atoms with Crippen molar-refractivity contribution < 1.29 is 0 Å². The Morgan fingerprint density at radius 3 is 2.48 bits per heavy atom. The normalized spacial score (nSPS) is 13.0. The minimum Gasteiger partial charge on any atom is -0.383 e. The molecule has 0 radical (unpaired) electrons. The molecule has 0 fully saturated rings. The molecule has 0 amide bonds. The average Bonchev–Trinajstić information content (AvgIpc) is 2.43. The number of nitrogens with zero attached hydrogens (tertiary/aromatic N) is 3. The van der Waals surface area contributed by atoms with Crippen molar-refractivity contribution in [3.63, 3.8) is 0 Å². The van der Waals surface area contributed by atoms with E-state index in [1.165, 1.54) is 0 Å². The van der Waals surface area contributed by atoms with Gasteiger partial charge in [0.15, 0.2) is 0 Å². The predicted molar refractivity (Wildman–Crippen MR) is 86.2 cm³/mol. The maximum atomic E-state index is 6.03. The van der Waals surface area contributed by atoms with E-state index in [1.54, 1.807) is 6.20 Å². The van der Waals surface area contributed by atoms with Crippen LogP contribution in [0.4, 0.5) is 11.6 Å². The first-order valence-corrected chi connectivity index (χ1v) is 7.11. The van der Waals surface area contributed by atoms with E-state index in [4.69, 9.17) is 5.73 Å². The Morgan fingerprint density at radius 2 is 1.90 bits per heavy atom. The molecule has 0 saturated carbocycles. The Balaban J connectivity index is 2.33. The lowest BCUT2D eigenvalue weighted by molar-refractivity contribution is 0.546. The van der Waals surface area contributed by atoms with Gasteiger partial charge in [-0.05, 0) is 26.0 Å². The van der Waals surface area contributed by atoms with Crippen LogP contribution in [0.2, 0.25) is 0 Å². The summed E-state index contributed by atoms with van der Waals surface area (Å²) in [5, 5.41) is 3.39. The number of hydrogen-bond acceptors (Lipinski definition) is 5. The Morgan fingerprint density at radius 1 is 1.19 bits per heavy atom. The first-order valence-electron chi connectivity index (χ1n) is 7.11. The second-order valence-corrected chi connectivity index (χ2v) is 6.28. The molecule has 0 aliphatic carbocycles. The van der Waals surface area contributed by atoms with Crippen molar-refractivity contribution in [2.45, 2.75) is 46.1 Å². The van der Waals surface area contributed by atoms with Crippen molar-refractivity contribution >= 4 is 11.6 Å². The molecule has 5 heteroatoms. The largest absolute Gasteiger partial charge is 0.383 e. The zero-order chi connectivity index (χ0) is 15.6. The molecule has 1 atom stereocenters. The molecule has 2 heterocycles. The lowest BCUT2D eigenvalue weighted by atomic mass is 9.95. The van der Waals surface area contributed by atoms with E-state index in [-0.39, 0.29) is 11.5 Å². The van der Waals surface area contributed by atoms with E-state index in [1.807, 2.05) is 25.1 Å². The van der Waals surface area contributed by atoms with Crippen molar-refractivity contribution in [2.24, 2.45) is 0 Å². The van der Waals surface area contributed by atoms with Gasteiger partial charge >= 0.3 is 0 Å². The summed E-state index contributed by atoms with van der Waals surface area (Å²) < 4.78 is 0. The SMILES string of the molecule is Cc1c(N)nc(C(C)(C)C)nc1NC(C)c1ccccn1. The molecule has 0 aliphatic rings. The quantitative estimate of drug-likeness (QED) is 0.905. The lowest BCUT2D eigenvalue weighted by Crippen LogP contribution is -2.20. The van der Waals surface area contributed by atoms with Gasteiger partial charge in [-0.1, -0.05) is 26.8 Å². The Kier molecular flexibility index (Phi) is 4.11. The average molecular weight is 285 g/mol. The van der Waals surface area contributed by atoms with Crippen LogP contribution in [0.3, 0.4) is 0 Å². The summed E-state index contributed by atoms with van der Waals surface area (Å²) in [6, 6.07) is 5.92. The molecule has 0 spiro atoms. The summed E-state index contributed by atoms with van der Waals surface area (Å²) in [4.78, 5) is 13.4. The molecule has 0 bridgehead atoms. The number of pyridine rings is 1. The smallest absolute Gasteiger partial charge is 0.138 e. The maximum Gasteiger partial charge on any atom is 0.138 e. The number of hydrogen-bond donors (Lipinski definition) is 2. The van der Waals surface area contributed by atoms with Crippen molar-refractivity contribution in [1.82, 2.24) is 15.0 Å². The van der Waals surface area contributed by atoms with Crippen LogP contribution in [-0.4, -0.2) is 15.0 Å². The third-order valence-electron chi connectivity index (χ3n) is 3.34. The number of anilines is 2. The zero-order valence-corrected chi connectivity index (χ0v) is 13.3. The third kappa shape index (κ3) is 3.48. The maximum absolute atomic E-state index is 6.03. The van der Waals surface area contributed by atoms with Gasteiger partial charge in [0.05, 0.1) is 11.7 Å². The van der Waals surface area contributed by atoms with Crippen LogP contribution in [0.5, 0.6) is 0 Å². The molecule has 3 N–H and O–H groups in total. The van der Waals surface area contributed by atoms with Gasteiger partial charge in [0.25, 0.3) is 0 Å². The van der Waals surface area contributed by atoms with Crippen LogP contribution in [-0.2, 0) is 5.41 Å². The summed E-state index contributed by atoms with van der Waals surface area (Å²) in [6.07, 6.45) is 1.79. The Labute approximate surface area is 126 Å². The van der Waals surface area contributed by atoms with Crippen molar-refractivity contribution in [2.75, 3.05) is 11.1 Å². The predicted octanol–water partition coefficient (Wildman–Crippen LogP) is 3.23. The van der Waals surface area contributed by atoms with Gasteiger partial charge in [-0.15, -0.1) is 0 Å². The fraction of sp³-hybridized carbons (Fsp3) is 0.438. The van der Waals surface area contributed by atoms with Crippen LogP contribution < -0.4 is 11.1 Å². The molecular formula is C16H23N5. The number of aromatic nitrogens is 3. The zero-order valence-electron chi connectivity index (χ0n) is 13.3. The van der Waals surface area contributed by atoms with Gasteiger partial charge in [0.2, 0.25) is 0 Å². The number of rotatable bonds is 3. The highest BCUT2D eigenvalue weighted by atomic mass is 15.1. The molecule has 0 aromatic carbocycles. The topological polar surface area (TPSA) is 76.7 Å². The highest BCUT2D eigenvalue weighted by molar-refractivity contribution is 5.55. The number of nitrogen functional groups attached to an aromatic ring is 1. The van der Waals surface area contributed by atoms with Crippen LogP contribution in [0.25, 0.3) is 0 Å². The molecule has 2 aromatic heterocycles. The second-order valence-electron chi connectivity index (χ2n) is 6.28. The van der Waals surface area contributed by atoms with E-state index in [9.17, 15) is 0 Å². The van der Waals surface area contributed by atoms with Crippen LogP contribution >= 0.6 is 0 Å². The van der Waals surface area contributed by atoms with Gasteiger partial charge in [-0.3, -0.25) is 4.98 Å². The first kappa shape index (κ1) is 15.2. The van der Waals surface area contributed by atoms with Gasteiger partial charge in [0.1, 0.15) is 17.5 Å². The minimum absolute atomic E-state index is 0.0482. The molecule has 2 aromatic rings. The van der Waals surface area contributed by atoms with E-state index in [2.05, 4.69) is 48.0 Å². The third-order valence-corrected chi connectivity index (χ3v) is 3.34. The van der Waals surface area contributed by atoms with Crippen molar-refractivity contribution in [1.29, 1.82) is 0 Å². The Bertz CT molecular complexity index is 617. The molecule has 5 nitrogen and oxygen atoms in total. The molecular weight excluding hydrogens is 262 g/mol. The van der Waals surface area contributed by atoms with E-state index >= 15 is 0 Å². The summed E-state index contributed by atoms with van der Waals surface area (Å²) >= 11 is 0. The Hall–Kier alpha value is -2.17. The van der Waals surface area contributed by atoms with Crippen LogP contribution in [0.1, 0.15) is 50.8 Å². The molecule has 2 rings (SSSR count). The van der Waals surface area contributed by atoms with Crippen molar-refractivity contribution in [3.8, 4) is 0 Å². The molecule has 1 unspecified atom stereocenters. The van der Waals surface area contributed by atoms with E-state index in [0.29, 0.717) is 5.82 Å². The first-order chi connectivity index (χ1) is 9.79. The van der Waals surface area contributed by atoms with Crippen LogP contribution in [0, 0.1) is 6.92 Å². The number of nitrogens with two attached hydrogens (primary N) is 1. The summed E-state index contributed by atoms with van der Waals surface area (Å²) in [5.74, 6) is 2.03. The molecule has 0 saturated heterocycles. The van der Waals surface area contributed by atoms with Gasteiger partial charge in [-0.25, -0.2) is 9.97 Å². The highest BCUT2D eigenvalue weighted by Gasteiger charge is 2.21. The molecule has 0 aliphatic heterocycles. The monoisotopic (exact) mass is 285 g/mol. The summed E-state index contributed by atoms with van der Waals surface area (Å²) in [6.45, 7) is 10.2. The standard InChI is InChI=1S/C16H23N5/c1-10-13(17)20-15(16(3,4)5)21-14(10)19-11(2)12-8-6-7-9-18-12/h6-9,11H,1-5H3,(H3,17,19,20,21).